The number of rotatable bonds is 6. The number of nitrogens with one attached hydrogen (secondary N) is 1. The topological polar surface area (TPSA) is 30.5 Å². The molecule has 24 heavy (non-hydrogen) atoms. The van der Waals surface area contributed by atoms with E-state index < -0.39 is 0 Å². The second-order valence-electron chi connectivity index (χ2n) is 6.99. The summed E-state index contributed by atoms with van der Waals surface area (Å²) < 4.78 is 11.4. The third-order valence-corrected chi connectivity index (χ3v) is 3.90. The molecule has 1 N–H and O–H groups in total. The zero-order valence-corrected chi connectivity index (χ0v) is 15.8. The lowest BCUT2D eigenvalue weighted by molar-refractivity contribution is 0.284. The third kappa shape index (κ3) is 5.43. The monoisotopic (exact) mass is 347 g/mol. The van der Waals surface area contributed by atoms with E-state index in [-0.39, 0.29) is 5.54 Å². The molecule has 2 aromatic rings. The van der Waals surface area contributed by atoms with Gasteiger partial charge >= 0.3 is 0 Å². The van der Waals surface area contributed by atoms with Gasteiger partial charge in [0.25, 0.3) is 0 Å². The Hall–Kier alpha value is -1.71. The first-order valence-corrected chi connectivity index (χ1v) is 8.46. The van der Waals surface area contributed by atoms with Crippen LogP contribution >= 0.6 is 11.6 Å². The highest BCUT2D eigenvalue weighted by molar-refractivity contribution is 6.32. The fourth-order valence-electron chi connectivity index (χ4n) is 2.22. The number of hydrogen-bond donors (Lipinski definition) is 1. The summed E-state index contributed by atoms with van der Waals surface area (Å²) in [5.74, 6) is 1.24. The Morgan fingerprint density at radius 3 is 2.29 bits per heavy atom. The Balaban J connectivity index is 2.13. The van der Waals surface area contributed by atoms with Gasteiger partial charge in [0.15, 0.2) is 11.5 Å². The quantitative estimate of drug-likeness (QED) is 0.786. The summed E-state index contributed by atoms with van der Waals surface area (Å²) in [4.78, 5) is 0. The molecule has 0 aliphatic rings. The summed E-state index contributed by atoms with van der Waals surface area (Å²) in [6, 6.07) is 12.1. The maximum absolute atomic E-state index is 6.42. The van der Waals surface area contributed by atoms with Crippen LogP contribution < -0.4 is 14.8 Å². The molecular weight excluding hydrogens is 322 g/mol. The summed E-state index contributed by atoms with van der Waals surface area (Å²) in [6.45, 7) is 9.63. The van der Waals surface area contributed by atoms with E-state index in [0.29, 0.717) is 23.1 Å². The van der Waals surface area contributed by atoms with Crippen LogP contribution in [0.5, 0.6) is 11.5 Å². The molecule has 0 saturated carbocycles. The molecule has 0 saturated heterocycles. The first-order chi connectivity index (χ1) is 11.3. The Morgan fingerprint density at radius 2 is 1.71 bits per heavy atom. The van der Waals surface area contributed by atoms with Gasteiger partial charge in [0.2, 0.25) is 0 Å². The maximum atomic E-state index is 6.42. The highest BCUT2D eigenvalue weighted by Crippen LogP contribution is 2.37. The SMILES string of the molecule is COc1cc(CNC(C)(C)C)cc(Cl)c1OCc1ccc(C)cc1. The number of halogens is 1. The van der Waals surface area contributed by atoms with Crippen molar-refractivity contribution in [2.24, 2.45) is 0 Å². The molecule has 0 aliphatic heterocycles. The molecule has 2 aromatic carbocycles. The zero-order chi connectivity index (χ0) is 17.7. The molecule has 0 aromatic heterocycles. The van der Waals surface area contributed by atoms with Gasteiger partial charge in [0, 0.05) is 12.1 Å². The van der Waals surface area contributed by atoms with Crippen LogP contribution in [0.25, 0.3) is 0 Å². The van der Waals surface area contributed by atoms with Crippen molar-refractivity contribution in [3.05, 3.63) is 58.1 Å². The van der Waals surface area contributed by atoms with Crippen LogP contribution in [-0.4, -0.2) is 12.6 Å². The molecule has 0 unspecified atom stereocenters. The van der Waals surface area contributed by atoms with E-state index in [1.807, 2.05) is 12.1 Å². The molecule has 0 aliphatic carbocycles. The average molecular weight is 348 g/mol. The van der Waals surface area contributed by atoms with Gasteiger partial charge < -0.3 is 14.8 Å². The smallest absolute Gasteiger partial charge is 0.180 e. The van der Waals surface area contributed by atoms with Crippen molar-refractivity contribution in [2.45, 2.75) is 46.4 Å². The summed E-state index contributed by atoms with van der Waals surface area (Å²) in [5.41, 5.74) is 3.43. The van der Waals surface area contributed by atoms with E-state index in [1.165, 1.54) is 5.56 Å². The summed E-state index contributed by atoms with van der Waals surface area (Å²) in [7, 11) is 1.63. The van der Waals surface area contributed by atoms with Crippen LogP contribution in [0, 0.1) is 6.92 Å². The largest absolute Gasteiger partial charge is 0.493 e. The van der Waals surface area contributed by atoms with Crippen LogP contribution in [0.2, 0.25) is 5.02 Å². The van der Waals surface area contributed by atoms with Crippen molar-refractivity contribution < 1.29 is 9.47 Å². The summed E-state index contributed by atoms with van der Waals surface area (Å²) >= 11 is 6.42. The van der Waals surface area contributed by atoms with Gasteiger partial charge in [-0.1, -0.05) is 41.4 Å². The Labute approximate surface area is 149 Å². The van der Waals surface area contributed by atoms with E-state index in [0.717, 1.165) is 17.7 Å². The maximum Gasteiger partial charge on any atom is 0.180 e. The minimum atomic E-state index is 0.0420. The molecule has 0 amide bonds. The Kier molecular flexibility index (Phi) is 6.14. The number of ether oxygens (including phenoxy) is 2. The first-order valence-electron chi connectivity index (χ1n) is 8.08. The van der Waals surface area contributed by atoms with Crippen molar-refractivity contribution in [2.75, 3.05) is 7.11 Å². The fraction of sp³-hybridized carbons (Fsp3) is 0.400. The third-order valence-electron chi connectivity index (χ3n) is 3.62. The lowest BCUT2D eigenvalue weighted by atomic mass is 10.1. The van der Waals surface area contributed by atoms with Crippen molar-refractivity contribution in [3.8, 4) is 11.5 Å². The highest BCUT2D eigenvalue weighted by atomic mass is 35.5. The normalized spacial score (nSPS) is 11.4. The molecule has 3 nitrogen and oxygen atoms in total. The van der Waals surface area contributed by atoms with Crippen molar-refractivity contribution >= 4 is 11.6 Å². The average Bonchev–Trinajstić information content (AvgIpc) is 2.52. The van der Waals surface area contributed by atoms with Gasteiger partial charge in [-0.15, -0.1) is 0 Å². The van der Waals surface area contributed by atoms with Crippen LogP contribution in [0.4, 0.5) is 0 Å². The standard InChI is InChI=1S/C20H26ClNO2/c1-14-6-8-15(9-7-14)13-24-19-17(21)10-16(11-18(19)23-5)12-22-20(2,3)4/h6-11,22H,12-13H2,1-5H3. The number of aryl methyl sites for hydroxylation is 1. The minimum absolute atomic E-state index is 0.0420. The minimum Gasteiger partial charge on any atom is -0.493 e. The van der Waals surface area contributed by atoms with Gasteiger partial charge in [0.1, 0.15) is 6.61 Å². The van der Waals surface area contributed by atoms with Crippen molar-refractivity contribution in [1.29, 1.82) is 0 Å². The Bertz CT molecular complexity index is 675. The molecule has 2 rings (SSSR count). The molecule has 0 bridgehead atoms. The molecule has 130 valence electrons. The van der Waals surface area contributed by atoms with Gasteiger partial charge in [-0.05, 0) is 51.0 Å². The zero-order valence-electron chi connectivity index (χ0n) is 15.1. The van der Waals surface area contributed by atoms with Crippen LogP contribution in [0.15, 0.2) is 36.4 Å². The van der Waals surface area contributed by atoms with E-state index >= 15 is 0 Å². The van der Waals surface area contributed by atoms with Crippen LogP contribution in [-0.2, 0) is 13.2 Å². The molecule has 0 heterocycles. The first kappa shape index (κ1) is 18.6. The molecule has 4 heteroatoms. The summed E-state index contributed by atoms with van der Waals surface area (Å²) in [5, 5.41) is 4.01. The van der Waals surface area contributed by atoms with Gasteiger partial charge in [0.05, 0.1) is 12.1 Å². The van der Waals surface area contributed by atoms with Gasteiger partial charge in [-0.2, -0.15) is 0 Å². The van der Waals surface area contributed by atoms with Crippen LogP contribution in [0.1, 0.15) is 37.5 Å². The second kappa shape index (κ2) is 7.91. The lowest BCUT2D eigenvalue weighted by Crippen LogP contribution is -2.35. The molecule has 0 atom stereocenters. The second-order valence-corrected chi connectivity index (χ2v) is 7.39. The van der Waals surface area contributed by atoms with E-state index in [4.69, 9.17) is 21.1 Å². The molecule has 0 spiro atoms. The van der Waals surface area contributed by atoms with Crippen molar-refractivity contribution in [3.63, 3.8) is 0 Å². The number of methoxy groups -OCH3 is 1. The van der Waals surface area contributed by atoms with Crippen molar-refractivity contribution in [1.82, 2.24) is 5.32 Å². The highest BCUT2D eigenvalue weighted by Gasteiger charge is 2.14. The number of benzene rings is 2. The van der Waals surface area contributed by atoms with Gasteiger partial charge in [-0.25, -0.2) is 0 Å². The Morgan fingerprint density at radius 1 is 1.04 bits per heavy atom. The predicted octanol–water partition coefficient (Wildman–Crippen LogP) is 5.12. The van der Waals surface area contributed by atoms with E-state index in [1.54, 1.807) is 7.11 Å². The summed E-state index contributed by atoms with van der Waals surface area (Å²) in [6.07, 6.45) is 0. The van der Waals surface area contributed by atoms with E-state index in [9.17, 15) is 0 Å². The number of hydrogen-bond acceptors (Lipinski definition) is 3. The predicted molar refractivity (Wildman–Crippen MR) is 100 cm³/mol. The van der Waals surface area contributed by atoms with Gasteiger partial charge in [-0.3, -0.25) is 0 Å². The molecule has 0 radical (unpaired) electrons. The fourth-order valence-corrected chi connectivity index (χ4v) is 2.51. The molecule has 0 fully saturated rings. The van der Waals surface area contributed by atoms with Crippen LogP contribution in [0.3, 0.4) is 0 Å². The lowest BCUT2D eigenvalue weighted by Gasteiger charge is -2.21. The van der Waals surface area contributed by atoms with E-state index in [2.05, 4.69) is 57.3 Å². The molecular formula is C20H26ClNO2.